The van der Waals surface area contributed by atoms with Crippen molar-refractivity contribution in [3.63, 3.8) is 0 Å². The van der Waals surface area contributed by atoms with Gasteiger partial charge in [-0.3, -0.25) is 4.79 Å². The third-order valence-corrected chi connectivity index (χ3v) is 4.17. The fourth-order valence-electron chi connectivity index (χ4n) is 1.92. The number of nitrogens with zero attached hydrogens (tertiary/aromatic N) is 2. The molecular weight excluding hydrogens is 350 g/mol. The van der Waals surface area contributed by atoms with Crippen LogP contribution in [0.1, 0.15) is 5.69 Å². The van der Waals surface area contributed by atoms with Crippen molar-refractivity contribution in [2.45, 2.75) is 11.8 Å². The van der Waals surface area contributed by atoms with Gasteiger partial charge in [0.05, 0.1) is 4.90 Å². The third-order valence-electron chi connectivity index (χ3n) is 3.06. The molecule has 132 valence electrons. The molecule has 0 atom stereocenters. The Kier molecular flexibility index (Phi) is 5.32. The molecule has 2 aromatic rings. The third kappa shape index (κ3) is 4.98. The molecule has 9 nitrogen and oxygen atoms in total. The summed E-state index contributed by atoms with van der Waals surface area (Å²) in [6.07, 6.45) is 1.06. The number of nitrogens with one attached hydrogen (secondary N) is 1. The zero-order chi connectivity index (χ0) is 18.6. The number of pyridine rings is 1. The van der Waals surface area contributed by atoms with Crippen LogP contribution >= 0.6 is 0 Å². The van der Waals surface area contributed by atoms with Crippen molar-refractivity contribution in [1.82, 2.24) is 4.98 Å². The number of hydrogen-bond acceptors (Lipinski definition) is 7. The maximum Gasteiger partial charge on any atom is 0.406 e. The van der Waals surface area contributed by atoms with Gasteiger partial charge in [0.1, 0.15) is 5.69 Å². The van der Waals surface area contributed by atoms with E-state index in [4.69, 9.17) is 4.74 Å². The van der Waals surface area contributed by atoms with E-state index in [1.165, 1.54) is 36.4 Å². The molecule has 0 aliphatic carbocycles. The summed E-state index contributed by atoms with van der Waals surface area (Å²) in [6.45, 7) is 1.10. The summed E-state index contributed by atoms with van der Waals surface area (Å²) in [5.41, 5.74) is 0.717. The molecule has 1 aromatic heterocycles. The number of ether oxygens (including phenoxy) is 1. The van der Waals surface area contributed by atoms with E-state index in [1.807, 2.05) is 0 Å². The van der Waals surface area contributed by atoms with Crippen molar-refractivity contribution >= 4 is 27.2 Å². The maximum atomic E-state index is 11.9. The SMILES string of the molecule is Cc1ccc(OCC(=O)Nc2cccc(S(C)(=O)=O)c2)c([N+](=O)[O-])n1. The van der Waals surface area contributed by atoms with Crippen LogP contribution in [0.2, 0.25) is 0 Å². The number of carbonyl (C=O) groups excluding carboxylic acids is 1. The van der Waals surface area contributed by atoms with Gasteiger partial charge >= 0.3 is 5.82 Å². The highest BCUT2D eigenvalue weighted by molar-refractivity contribution is 7.90. The first-order valence-electron chi connectivity index (χ1n) is 7.01. The molecule has 0 saturated heterocycles. The largest absolute Gasteiger partial charge is 0.476 e. The van der Waals surface area contributed by atoms with E-state index in [2.05, 4.69) is 10.3 Å². The Bertz CT molecular complexity index is 927. The lowest BCUT2D eigenvalue weighted by molar-refractivity contribution is -0.390. The lowest BCUT2D eigenvalue weighted by Crippen LogP contribution is -2.20. The van der Waals surface area contributed by atoms with E-state index in [0.717, 1.165) is 6.26 Å². The van der Waals surface area contributed by atoms with Crippen molar-refractivity contribution in [3.05, 3.63) is 52.2 Å². The average molecular weight is 365 g/mol. The minimum absolute atomic E-state index is 0.0598. The maximum absolute atomic E-state index is 11.9. The van der Waals surface area contributed by atoms with E-state index in [-0.39, 0.29) is 16.3 Å². The van der Waals surface area contributed by atoms with Gasteiger partial charge in [0, 0.05) is 18.9 Å². The van der Waals surface area contributed by atoms with E-state index in [1.54, 1.807) is 6.92 Å². The van der Waals surface area contributed by atoms with Crippen LogP contribution in [0.4, 0.5) is 11.5 Å². The number of rotatable bonds is 6. The first-order chi connectivity index (χ1) is 11.7. The molecule has 1 amide bonds. The van der Waals surface area contributed by atoms with Crippen LogP contribution < -0.4 is 10.1 Å². The number of benzene rings is 1. The molecule has 0 aliphatic heterocycles. The normalized spacial score (nSPS) is 11.0. The molecule has 0 radical (unpaired) electrons. The molecular formula is C15H15N3O6S. The number of amides is 1. The number of aryl methyl sites for hydroxylation is 1. The monoisotopic (exact) mass is 365 g/mol. The molecule has 0 spiro atoms. The standard InChI is InChI=1S/C15H15N3O6S/c1-10-6-7-13(15(16-10)18(20)21)24-9-14(19)17-11-4-3-5-12(8-11)25(2,22)23/h3-8H,9H2,1-2H3,(H,17,19). The smallest absolute Gasteiger partial charge is 0.406 e. The summed E-state index contributed by atoms with van der Waals surface area (Å²) in [6, 6.07) is 8.60. The van der Waals surface area contributed by atoms with Crippen molar-refractivity contribution in [1.29, 1.82) is 0 Å². The number of aromatic nitrogens is 1. The first-order valence-corrected chi connectivity index (χ1v) is 8.91. The second-order valence-corrected chi connectivity index (χ2v) is 7.18. The minimum atomic E-state index is -3.40. The van der Waals surface area contributed by atoms with E-state index in [0.29, 0.717) is 5.69 Å². The molecule has 0 aliphatic rings. The summed E-state index contributed by atoms with van der Waals surface area (Å²) < 4.78 is 28.2. The average Bonchev–Trinajstić information content (AvgIpc) is 2.53. The molecule has 1 heterocycles. The van der Waals surface area contributed by atoms with Gasteiger partial charge < -0.3 is 20.2 Å². The van der Waals surface area contributed by atoms with Crippen LogP contribution in [0, 0.1) is 17.0 Å². The van der Waals surface area contributed by atoms with Gasteiger partial charge in [0.2, 0.25) is 5.75 Å². The van der Waals surface area contributed by atoms with Crippen molar-refractivity contribution in [3.8, 4) is 5.75 Å². The van der Waals surface area contributed by atoms with Crippen LogP contribution in [0.15, 0.2) is 41.3 Å². The molecule has 1 aromatic carbocycles. The molecule has 1 N–H and O–H groups in total. The van der Waals surface area contributed by atoms with Crippen LogP contribution in [-0.4, -0.2) is 37.1 Å². The summed E-state index contributed by atoms with van der Waals surface area (Å²) in [7, 11) is -3.40. The number of anilines is 1. The van der Waals surface area contributed by atoms with E-state index < -0.39 is 33.1 Å². The highest BCUT2D eigenvalue weighted by Gasteiger charge is 2.18. The molecule has 0 unspecified atom stereocenters. The number of nitro groups is 1. The van der Waals surface area contributed by atoms with Crippen molar-refractivity contribution in [2.24, 2.45) is 0 Å². The Morgan fingerprint density at radius 1 is 1.32 bits per heavy atom. The predicted octanol–water partition coefficient (Wildman–Crippen LogP) is 1.72. The highest BCUT2D eigenvalue weighted by Crippen LogP contribution is 2.24. The molecule has 2 rings (SSSR count). The van der Waals surface area contributed by atoms with Gasteiger partial charge in [-0.25, -0.2) is 8.42 Å². The summed E-state index contributed by atoms with van der Waals surface area (Å²) in [5.74, 6) is -1.21. The Balaban J connectivity index is 2.06. The summed E-state index contributed by atoms with van der Waals surface area (Å²) >= 11 is 0. The van der Waals surface area contributed by atoms with Crippen molar-refractivity contribution < 1.29 is 22.9 Å². The number of sulfone groups is 1. The van der Waals surface area contributed by atoms with Gasteiger partial charge in [-0.15, -0.1) is 0 Å². The van der Waals surface area contributed by atoms with E-state index in [9.17, 15) is 23.3 Å². The minimum Gasteiger partial charge on any atom is -0.476 e. The lowest BCUT2D eigenvalue weighted by Gasteiger charge is -2.08. The molecule has 0 fully saturated rings. The van der Waals surface area contributed by atoms with Gasteiger partial charge in [0.25, 0.3) is 5.91 Å². The van der Waals surface area contributed by atoms with Gasteiger partial charge in [-0.1, -0.05) is 6.07 Å². The van der Waals surface area contributed by atoms with Crippen LogP contribution in [0.25, 0.3) is 0 Å². The van der Waals surface area contributed by atoms with Crippen LogP contribution in [0.3, 0.4) is 0 Å². The van der Waals surface area contributed by atoms with Gasteiger partial charge in [-0.2, -0.15) is 0 Å². The van der Waals surface area contributed by atoms with E-state index >= 15 is 0 Å². The second-order valence-electron chi connectivity index (χ2n) is 5.17. The van der Waals surface area contributed by atoms with Gasteiger partial charge in [0.15, 0.2) is 16.4 Å². The molecule has 0 saturated carbocycles. The van der Waals surface area contributed by atoms with Gasteiger partial charge in [-0.05, 0) is 40.2 Å². The lowest BCUT2D eigenvalue weighted by atomic mass is 10.3. The summed E-state index contributed by atoms with van der Waals surface area (Å²) in [5, 5.41) is 13.4. The van der Waals surface area contributed by atoms with Crippen molar-refractivity contribution in [2.75, 3.05) is 18.2 Å². The molecule has 10 heteroatoms. The van der Waals surface area contributed by atoms with Crippen LogP contribution in [-0.2, 0) is 14.6 Å². The number of hydrogen-bond donors (Lipinski definition) is 1. The Morgan fingerprint density at radius 2 is 2.04 bits per heavy atom. The Morgan fingerprint density at radius 3 is 2.68 bits per heavy atom. The van der Waals surface area contributed by atoms with Crippen LogP contribution in [0.5, 0.6) is 5.75 Å². The molecule has 25 heavy (non-hydrogen) atoms. The fourth-order valence-corrected chi connectivity index (χ4v) is 2.59. The first kappa shape index (κ1) is 18.3. The summed E-state index contributed by atoms with van der Waals surface area (Å²) in [4.78, 5) is 26.0. The fraction of sp³-hybridized carbons (Fsp3) is 0.200. The number of carbonyl (C=O) groups is 1. The molecule has 0 bridgehead atoms. The second kappa shape index (κ2) is 7.26. The zero-order valence-electron chi connectivity index (χ0n) is 13.4. The Labute approximate surface area is 143 Å². The predicted molar refractivity (Wildman–Crippen MR) is 89.3 cm³/mol. The topological polar surface area (TPSA) is 128 Å². The zero-order valence-corrected chi connectivity index (χ0v) is 14.2. The Hall–Kier alpha value is -3.01. The highest BCUT2D eigenvalue weighted by atomic mass is 32.2. The quantitative estimate of drug-likeness (QED) is 0.609.